The molecule has 2 atom stereocenters. The Bertz CT molecular complexity index is 568. The third-order valence-electron chi connectivity index (χ3n) is 4.10. The van der Waals surface area contributed by atoms with Crippen molar-refractivity contribution in [1.29, 1.82) is 0 Å². The first-order valence-corrected chi connectivity index (χ1v) is 7.88. The van der Waals surface area contributed by atoms with Crippen LogP contribution in [0.5, 0.6) is 0 Å². The van der Waals surface area contributed by atoms with Gasteiger partial charge in [-0.25, -0.2) is 13.1 Å². The lowest BCUT2D eigenvalue weighted by atomic mass is 9.76. The van der Waals surface area contributed by atoms with E-state index < -0.39 is 10.0 Å². The molecule has 2 bridgehead atoms. The third-order valence-corrected chi connectivity index (χ3v) is 5.51. The Hall–Kier alpha value is -0.910. The van der Waals surface area contributed by atoms with Crippen LogP contribution in [0, 0.1) is 0 Å². The fourth-order valence-electron chi connectivity index (χ4n) is 3.13. The van der Waals surface area contributed by atoms with Crippen LogP contribution in [0.3, 0.4) is 0 Å². The molecule has 98 valence electrons. The van der Waals surface area contributed by atoms with Gasteiger partial charge in [0.25, 0.3) is 0 Å². The van der Waals surface area contributed by atoms with Crippen molar-refractivity contribution < 1.29 is 8.42 Å². The largest absolute Gasteiger partial charge is 0.314 e. The van der Waals surface area contributed by atoms with E-state index in [0.29, 0.717) is 16.9 Å². The van der Waals surface area contributed by atoms with Gasteiger partial charge in [-0.05, 0) is 62.0 Å². The van der Waals surface area contributed by atoms with Gasteiger partial charge in [0.15, 0.2) is 0 Å². The molecule has 5 heteroatoms. The molecule has 0 radical (unpaired) electrons. The van der Waals surface area contributed by atoms with E-state index in [1.54, 1.807) is 6.07 Å². The molecule has 1 aliphatic heterocycles. The standard InChI is InChI=1S/C13H18N2O2S/c1-14-18(16,17)12-3-2-9-6-11-7-10(4-5-15-11)13(9)8-12/h2-3,8,10-11,14-15H,4-7H2,1H3. The summed E-state index contributed by atoms with van der Waals surface area (Å²) in [5.41, 5.74) is 2.54. The summed E-state index contributed by atoms with van der Waals surface area (Å²) >= 11 is 0. The summed E-state index contributed by atoms with van der Waals surface area (Å²) in [5, 5.41) is 3.52. The molecule has 1 saturated heterocycles. The SMILES string of the molecule is CNS(=O)(=O)c1ccc2c(c1)C1CCNC(C2)C1. The molecule has 1 fully saturated rings. The van der Waals surface area contributed by atoms with E-state index in [9.17, 15) is 8.42 Å². The summed E-state index contributed by atoms with van der Waals surface area (Å²) in [6.45, 7) is 1.04. The topological polar surface area (TPSA) is 58.2 Å². The molecule has 2 N–H and O–H groups in total. The number of hydrogen-bond acceptors (Lipinski definition) is 3. The molecular weight excluding hydrogens is 248 g/mol. The normalized spacial score (nSPS) is 26.7. The maximum atomic E-state index is 11.8. The fourth-order valence-corrected chi connectivity index (χ4v) is 3.90. The molecule has 1 aromatic rings. The molecule has 0 spiro atoms. The predicted molar refractivity (Wildman–Crippen MR) is 70.2 cm³/mol. The van der Waals surface area contributed by atoms with Gasteiger partial charge in [0.05, 0.1) is 4.90 Å². The number of piperidine rings is 1. The Morgan fingerprint density at radius 1 is 1.39 bits per heavy atom. The molecule has 1 aliphatic carbocycles. The minimum absolute atomic E-state index is 0.390. The second-order valence-corrected chi connectivity index (χ2v) is 7.03. The molecule has 2 aliphatic rings. The summed E-state index contributed by atoms with van der Waals surface area (Å²) in [4.78, 5) is 0.390. The first kappa shape index (κ1) is 12.1. The zero-order valence-corrected chi connectivity index (χ0v) is 11.3. The lowest BCUT2D eigenvalue weighted by Gasteiger charge is -2.37. The highest BCUT2D eigenvalue weighted by molar-refractivity contribution is 7.89. The highest BCUT2D eigenvalue weighted by Crippen LogP contribution is 2.37. The van der Waals surface area contributed by atoms with Gasteiger partial charge < -0.3 is 5.32 Å². The molecule has 0 aromatic heterocycles. The smallest absolute Gasteiger partial charge is 0.240 e. The first-order chi connectivity index (χ1) is 8.60. The quantitative estimate of drug-likeness (QED) is 0.839. The summed E-state index contributed by atoms with van der Waals surface area (Å²) < 4.78 is 26.1. The van der Waals surface area contributed by atoms with Crippen molar-refractivity contribution >= 4 is 10.0 Å². The Labute approximate surface area is 108 Å². The lowest BCUT2D eigenvalue weighted by molar-refractivity contribution is 0.338. The molecule has 0 amide bonds. The molecule has 0 saturated carbocycles. The molecule has 3 rings (SSSR count). The molecular formula is C13H18N2O2S. The second-order valence-electron chi connectivity index (χ2n) is 5.14. The van der Waals surface area contributed by atoms with Crippen LogP contribution < -0.4 is 10.0 Å². The van der Waals surface area contributed by atoms with E-state index in [0.717, 1.165) is 25.8 Å². The van der Waals surface area contributed by atoms with Crippen molar-refractivity contribution in [3.05, 3.63) is 29.3 Å². The molecule has 2 unspecified atom stereocenters. The van der Waals surface area contributed by atoms with Gasteiger partial charge in [-0.3, -0.25) is 0 Å². The summed E-state index contributed by atoms with van der Waals surface area (Å²) in [5.74, 6) is 0.520. The molecule has 4 nitrogen and oxygen atoms in total. The number of nitrogens with one attached hydrogen (secondary N) is 2. The summed E-state index contributed by atoms with van der Waals surface area (Å²) in [7, 11) is -1.87. The Balaban J connectivity index is 2.05. The second kappa shape index (κ2) is 4.33. The molecule has 1 heterocycles. The van der Waals surface area contributed by atoms with E-state index in [-0.39, 0.29) is 0 Å². The van der Waals surface area contributed by atoms with E-state index in [4.69, 9.17) is 0 Å². The van der Waals surface area contributed by atoms with Crippen molar-refractivity contribution in [3.8, 4) is 0 Å². The number of benzene rings is 1. The van der Waals surface area contributed by atoms with Gasteiger partial charge in [0.1, 0.15) is 0 Å². The van der Waals surface area contributed by atoms with Crippen molar-refractivity contribution in [2.75, 3.05) is 13.6 Å². The minimum Gasteiger partial charge on any atom is -0.314 e. The van der Waals surface area contributed by atoms with Gasteiger partial charge in [-0.1, -0.05) is 6.07 Å². The first-order valence-electron chi connectivity index (χ1n) is 6.40. The van der Waals surface area contributed by atoms with Crippen molar-refractivity contribution in [1.82, 2.24) is 10.0 Å². The van der Waals surface area contributed by atoms with Crippen molar-refractivity contribution in [2.24, 2.45) is 0 Å². The number of sulfonamides is 1. The zero-order chi connectivity index (χ0) is 12.8. The maximum Gasteiger partial charge on any atom is 0.240 e. The van der Waals surface area contributed by atoms with Crippen LogP contribution in [0.2, 0.25) is 0 Å². The van der Waals surface area contributed by atoms with Crippen LogP contribution >= 0.6 is 0 Å². The Kier molecular flexibility index (Phi) is 2.92. The molecule has 18 heavy (non-hydrogen) atoms. The lowest BCUT2D eigenvalue weighted by Crippen LogP contribution is -2.42. The van der Waals surface area contributed by atoms with Crippen LogP contribution in [-0.2, 0) is 16.4 Å². The van der Waals surface area contributed by atoms with Crippen molar-refractivity contribution in [3.63, 3.8) is 0 Å². The highest BCUT2D eigenvalue weighted by Gasteiger charge is 2.30. The minimum atomic E-state index is -3.32. The highest BCUT2D eigenvalue weighted by atomic mass is 32.2. The van der Waals surface area contributed by atoms with E-state index >= 15 is 0 Å². The Morgan fingerprint density at radius 3 is 3.00 bits per heavy atom. The van der Waals surface area contributed by atoms with Gasteiger partial charge in [-0.2, -0.15) is 0 Å². The predicted octanol–water partition coefficient (Wildman–Crippen LogP) is 0.986. The maximum absolute atomic E-state index is 11.8. The number of hydrogen-bond donors (Lipinski definition) is 2. The molecule has 1 aromatic carbocycles. The van der Waals surface area contributed by atoms with Crippen molar-refractivity contribution in [2.45, 2.75) is 36.1 Å². The van der Waals surface area contributed by atoms with E-state index in [1.165, 1.54) is 18.2 Å². The average molecular weight is 266 g/mol. The number of rotatable bonds is 2. The van der Waals surface area contributed by atoms with Gasteiger partial charge >= 0.3 is 0 Å². The van der Waals surface area contributed by atoms with Crippen LogP contribution in [-0.4, -0.2) is 28.1 Å². The van der Waals surface area contributed by atoms with Crippen LogP contribution in [0.4, 0.5) is 0 Å². The number of fused-ring (bicyclic) bond motifs is 4. The summed E-state index contributed by atoms with van der Waals surface area (Å²) in [6.07, 6.45) is 3.26. The van der Waals surface area contributed by atoms with Gasteiger partial charge in [0, 0.05) is 6.04 Å². The van der Waals surface area contributed by atoms with Crippen LogP contribution in [0.25, 0.3) is 0 Å². The van der Waals surface area contributed by atoms with Crippen LogP contribution in [0.1, 0.15) is 29.9 Å². The van der Waals surface area contributed by atoms with Gasteiger partial charge in [-0.15, -0.1) is 0 Å². The van der Waals surface area contributed by atoms with E-state index in [1.807, 2.05) is 12.1 Å². The summed E-state index contributed by atoms with van der Waals surface area (Å²) in [6, 6.07) is 6.13. The van der Waals surface area contributed by atoms with Crippen LogP contribution in [0.15, 0.2) is 23.1 Å². The zero-order valence-electron chi connectivity index (χ0n) is 10.4. The van der Waals surface area contributed by atoms with E-state index in [2.05, 4.69) is 10.0 Å². The average Bonchev–Trinajstić information content (AvgIpc) is 2.38. The fraction of sp³-hybridized carbons (Fsp3) is 0.538. The third kappa shape index (κ3) is 1.96. The van der Waals surface area contributed by atoms with Gasteiger partial charge in [0.2, 0.25) is 10.0 Å². The monoisotopic (exact) mass is 266 g/mol. The Morgan fingerprint density at radius 2 is 2.22 bits per heavy atom.